The van der Waals surface area contributed by atoms with E-state index >= 15 is 0 Å². The number of amides is 3. The van der Waals surface area contributed by atoms with Gasteiger partial charge in [-0.2, -0.15) is 5.06 Å². The summed E-state index contributed by atoms with van der Waals surface area (Å²) in [6, 6.07) is 5.26. The molecule has 34 heavy (non-hydrogen) atoms. The monoisotopic (exact) mass is 502 g/mol. The number of aliphatic carboxylic acids is 3. The molecule has 0 spiro atoms. The minimum absolute atomic E-state index is 0.185. The molecule has 0 radical (unpaired) electrons. The lowest BCUT2D eigenvalue weighted by Crippen LogP contribution is -2.50. The fourth-order valence-electron chi connectivity index (χ4n) is 2.04. The topological polar surface area (TPSA) is 237 Å². The SMILES string of the molecule is CC(=O)O.NC(CCC(=O)NC(CSC(=O)N(O)c1ccccc1)C(=O)NCC(=O)O)C(=O)O. The molecule has 0 aliphatic carbocycles. The number of carbonyl (C=O) groups is 6. The number of benzene rings is 1. The van der Waals surface area contributed by atoms with Crippen LogP contribution in [0.15, 0.2) is 30.3 Å². The van der Waals surface area contributed by atoms with E-state index in [0.29, 0.717) is 16.8 Å². The third-order valence-corrected chi connectivity index (χ3v) is 4.53. The summed E-state index contributed by atoms with van der Waals surface area (Å²) >= 11 is 0.517. The Morgan fingerprint density at radius 3 is 2.12 bits per heavy atom. The standard InChI is InChI=1S/C17H22N4O8S.C2H4O2/c18-11(16(26)27)6-7-13(22)20-12(15(25)19-8-14(23)24)9-30-17(28)21(29)10-4-2-1-3-5-10;1-2(3)4/h1-5,11-12,29H,6-9,18H2,(H,19,25)(H,20,22)(H,23,24)(H,26,27);1H3,(H,3,4). The van der Waals surface area contributed by atoms with Crippen LogP contribution in [0.25, 0.3) is 0 Å². The molecule has 0 saturated heterocycles. The molecule has 2 unspecified atom stereocenters. The van der Waals surface area contributed by atoms with Crippen LogP contribution in [0.1, 0.15) is 19.8 Å². The maximum Gasteiger partial charge on any atom is 0.322 e. The van der Waals surface area contributed by atoms with E-state index in [1.54, 1.807) is 18.2 Å². The van der Waals surface area contributed by atoms with E-state index in [9.17, 15) is 29.2 Å². The second kappa shape index (κ2) is 16.0. The van der Waals surface area contributed by atoms with Crippen molar-refractivity contribution < 1.29 is 49.3 Å². The summed E-state index contributed by atoms with van der Waals surface area (Å²) in [4.78, 5) is 66.7. The number of rotatable bonds is 11. The molecule has 8 N–H and O–H groups in total. The number of carboxylic acids is 3. The summed E-state index contributed by atoms with van der Waals surface area (Å²) in [6.07, 6.45) is -0.486. The van der Waals surface area contributed by atoms with E-state index in [1.807, 2.05) is 0 Å². The van der Waals surface area contributed by atoms with Gasteiger partial charge < -0.3 is 31.7 Å². The van der Waals surface area contributed by atoms with E-state index in [2.05, 4.69) is 10.6 Å². The van der Waals surface area contributed by atoms with E-state index in [1.165, 1.54) is 12.1 Å². The molecule has 1 rings (SSSR count). The van der Waals surface area contributed by atoms with Crippen molar-refractivity contribution in [2.24, 2.45) is 5.73 Å². The van der Waals surface area contributed by atoms with Gasteiger partial charge in [-0.25, -0.2) is 0 Å². The van der Waals surface area contributed by atoms with Gasteiger partial charge in [0.25, 0.3) is 5.97 Å². The number of para-hydroxylation sites is 1. The highest BCUT2D eigenvalue weighted by Crippen LogP contribution is 2.17. The molecule has 3 amide bonds. The number of nitrogens with one attached hydrogen (secondary N) is 2. The number of nitrogens with zero attached hydrogens (tertiary/aromatic N) is 1. The summed E-state index contributed by atoms with van der Waals surface area (Å²) in [5.74, 6) is -5.32. The molecule has 14 nitrogen and oxygen atoms in total. The lowest BCUT2D eigenvalue weighted by molar-refractivity contribution is -0.139. The Labute approximate surface area is 198 Å². The van der Waals surface area contributed by atoms with Gasteiger partial charge in [0.2, 0.25) is 11.8 Å². The molecular weight excluding hydrogens is 476 g/mol. The predicted molar refractivity (Wildman–Crippen MR) is 119 cm³/mol. The average molecular weight is 503 g/mol. The lowest BCUT2D eigenvalue weighted by Gasteiger charge is -2.19. The second-order valence-electron chi connectivity index (χ2n) is 6.46. The summed E-state index contributed by atoms with van der Waals surface area (Å²) in [5.41, 5.74) is 5.51. The predicted octanol–water partition coefficient (Wildman–Crippen LogP) is -0.296. The molecule has 0 saturated carbocycles. The summed E-state index contributed by atoms with van der Waals surface area (Å²) in [7, 11) is 0. The summed E-state index contributed by atoms with van der Waals surface area (Å²) in [5, 5.41) is 38.7. The van der Waals surface area contributed by atoms with Crippen molar-refractivity contribution in [2.75, 3.05) is 17.4 Å². The highest BCUT2D eigenvalue weighted by atomic mass is 32.2. The fourth-order valence-corrected chi connectivity index (χ4v) is 2.81. The minimum Gasteiger partial charge on any atom is -0.481 e. The molecule has 0 aliphatic rings. The van der Waals surface area contributed by atoms with Crippen LogP contribution in [0, 0.1) is 0 Å². The summed E-state index contributed by atoms with van der Waals surface area (Å²) in [6.45, 7) is 0.379. The number of hydrogen-bond donors (Lipinski definition) is 7. The van der Waals surface area contributed by atoms with Crippen LogP contribution in [-0.4, -0.2) is 79.9 Å². The van der Waals surface area contributed by atoms with Crippen LogP contribution in [0.4, 0.5) is 10.5 Å². The first-order chi connectivity index (χ1) is 15.8. The van der Waals surface area contributed by atoms with Gasteiger partial charge in [0.05, 0.1) is 5.69 Å². The molecule has 0 bridgehead atoms. The molecule has 15 heteroatoms. The van der Waals surface area contributed by atoms with Crippen molar-refractivity contribution >= 4 is 52.4 Å². The van der Waals surface area contributed by atoms with Crippen LogP contribution in [-0.2, 0) is 24.0 Å². The number of carbonyl (C=O) groups excluding carboxylic acids is 3. The van der Waals surface area contributed by atoms with Gasteiger partial charge in [0.1, 0.15) is 18.6 Å². The number of thioether (sulfide) groups is 1. The quantitative estimate of drug-likeness (QED) is 0.152. The molecule has 0 fully saturated rings. The van der Waals surface area contributed by atoms with E-state index in [4.69, 9.17) is 25.8 Å². The molecule has 188 valence electrons. The van der Waals surface area contributed by atoms with Gasteiger partial charge in [0.15, 0.2) is 0 Å². The lowest BCUT2D eigenvalue weighted by atomic mass is 10.1. The third-order valence-electron chi connectivity index (χ3n) is 3.61. The second-order valence-corrected chi connectivity index (χ2v) is 7.43. The number of carboxylic acid groups (broad SMARTS) is 3. The van der Waals surface area contributed by atoms with Crippen LogP contribution < -0.4 is 21.4 Å². The normalized spacial score (nSPS) is 11.6. The number of hydroxylamine groups is 1. The Morgan fingerprint density at radius 2 is 1.62 bits per heavy atom. The van der Waals surface area contributed by atoms with Crippen LogP contribution in [0.2, 0.25) is 0 Å². The summed E-state index contributed by atoms with van der Waals surface area (Å²) < 4.78 is 0. The zero-order valence-electron chi connectivity index (χ0n) is 18.0. The number of nitrogens with two attached hydrogens (primary N) is 1. The Bertz CT molecular complexity index is 864. The molecule has 1 aromatic carbocycles. The first-order valence-corrected chi connectivity index (χ1v) is 10.5. The van der Waals surface area contributed by atoms with Crippen molar-refractivity contribution in [2.45, 2.75) is 31.8 Å². The molecule has 0 aromatic heterocycles. The van der Waals surface area contributed by atoms with Gasteiger partial charge in [-0.3, -0.25) is 34.0 Å². The van der Waals surface area contributed by atoms with Crippen LogP contribution >= 0.6 is 11.8 Å². The van der Waals surface area contributed by atoms with Gasteiger partial charge in [-0.1, -0.05) is 30.0 Å². The Morgan fingerprint density at radius 1 is 1.06 bits per heavy atom. The Hall–Kier alpha value is -3.69. The third kappa shape index (κ3) is 13.7. The van der Waals surface area contributed by atoms with Crippen LogP contribution in [0.5, 0.6) is 0 Å². The highest BCUT2D eigenvalue weighted by Gasteiger charge is 2.25. The highest BCUT2D eigenvalue weighted by molar-refractivity contribution is 8.13. The maximum atomic E-state index is 12.2. The minimum atomic E-state index is -1.31. The smallest absolute Gasteiger partial charge is 0.322 e. The van der Waals surface area contributed by atoms with Gasteiger partial charge in [0, 0.05) is 19.1 Å². The van der Waals surface area contributed by atoms with Crippen molar-refractivity contribution in [3.63, 3.8) is 0 Å². The van der Waals surface area contributed by atoms with E-state index in [-0.39, 0.29) is 24.3 Å². The van der Waals surface area contributed by atoms with Crippen molar-refractivity contribution in [1.29, 1.82) is 0 Å². The molecule has 2 atom stereocenters. The molecular formula is C19H26N4O10S. The Kier molecular flexibility index (Phi) is 14.3. The van der Waals surface area contributed by atoms with E-state index in [0.717, 1.165) is 6.92 Å². The van der Waals surface area contributed by atoms with Crippen molar-refractivity contribution in [3.05, 3.63) is 30.3 Å². The Balaban J connectivity index is 0.00000251. The zero-order valence-corrected chi connectivity index (χ0v) is 18.9. The van der Waals surface area contributed by atoms with Crippen molar-refractivity contribution in [1.82, 2.24) is 10.6 Å². The van der Waals surface area contributed by atoms with E-state index < -0.39 is 53.6 Å². The average Bonchev–Trinajstić information content (AvgIpc) is 2.77. The van der Waals surface area contributed by atoms with Crippen LogP contribution in [0.3, 0.4) is 0 Å². The first kappa shape index (κ1) is 30.3. The number of anilines is 1. The van der Waals surface area contributed by atoms with Gasteiger partial charge >= 0.3 is 17.2 Å². The fraction of sp³-hybridized carbons (Fsp3) is 0.368. The first-order valence-electron chi connectivity index (χ1n) is 9.52. The van der Waals surface area contributed by atoms with Gasteiger partial charge in [-0.05, 0) is 18.6 Å². The van der Waals surface area contributed by atoms with Gasteiger partial charge in [-0.15, -0.1) is 0 Å². The van der Waals surface area contributed by atoms with Crippen molar-refractivity contribution in [3.8, 4) is 0 Å². The zero-order chi connectivity index (χ0) is 26.3. The largest absolute Gasteiger partial charge is 0.481 e. The number of hydrogen-bond acceptors (Lipinski definition) is 9. The molecule has 1 aromatic rings. The molecule has 0 aliphatic heterocycles. The maximum absolute atomic E-state index is 12.2. The molecule has 0 heterocycles.